The monoisotopic (exact) mass is 547 g/mol. The van der Waals surface area contributed by atoms with Gasteiger partial charge in [-0.2, -0.15) is 0 Å². The van der Waals surface area contributed by atoms with Crippen LogP contribution in [0.1, 0.15) is 44.7 Å². The minimum absolute atomic E-state index is 0.199. The summed E-state index contributed by atoms with van der Waals surface area (Å²) in [6, 6.07) is 14.3. The summed E-state index contributed by atoms with van der Waals surface area (Å²) in [4.78, 5) is 56.9. The standard InChI is InChI=1S/C30H37N5O5/c1-30(2,3)40-29(39)34-24(17-20-18-32-22-13-8-7-12-21(20)22)28(38)35-15-9-14-25(35)27(37)33-23(26(31)36)16-19-10-5-4-6-11-19/h4-8,10-13,18,23-25,32H,9,14-17H2,1-3H3,(H2,31,36)(H,33,37)(H,34,39). The predicted octanol–water partition coefficient (Wildman–Crippen LogP) is 2.81. The first kappa shape index (κ1) is 28.7. The molecule has 0 bridgehead atoms. The van der Waals surface area contributed by atoms with E-state index >= 15 is 0 Å². The van der Waals surface area contributed by atoms with E-state index in [1.165, 1.54) is 4.90 Å². The van der Waals surface area contributed by atoms with Crippen molar-refractivity contribution in [2.45, 2.75) is 70.2 Å². The number of fused-ring (bicyclic) bond motifs is 1. The van der Waals surface area contributed by atoms with Crippen LogP contribution in [0.25, 0.3) is 10.9 Å². The van der Waals surface area contributed by atoms with Crippen molar-refractivity contribution in [1.82, 2.24) is 20.5 Å². The van der Waals surface area contributed by atoms with E-state index < -0.39 is 47.5 Å². The molecule has 40 heavy (non-hydrogen) atoms. The fourth-order valence-electron chi connectivity index (χ4n) is 5.01. The normalized spacial score (nSPS) is 16.8. The summed E-state index contributed by atoms with van der Waals surface area (Å²) >= 11 is 0. The molecule has 1 aliphatic heterocycles. The van der Waals surface area contributed by atoms with E-state index in [1.54, 1.807) is 20.8 Å². The Morgan fingerprint density at radius 3 is 2.40 bits per heavy atom. The van der Waals surface area contributed by atoms with Crippen LogP contribution in [0.4, 0.5) is 4.79 Å². The number of nitrogens with one attached hydrogen (secondary N) is 3. The fourth-order valence-corrected chi connectivity index (χ4v) is 5.01. The third-order valence-electron chi connectivity index (χ3n) is 6.87. The Labute approximate surface area is 233 Å². The number of hydrogen-bond acceptors (Lipinski definition) is 5. The molecule has 4 rings (SSSR count). The molecule has 212 valence electrons. The largest absolute Gasteiger partial charge is 0.444 e. The van der Waals surface area contributed by atoms with Crippen molar-refractivity contribution in [3.8, 4) is 0 Å². The van der Waals surface area contributed by atoms with Crippen LogP contribution in [-0.4, -0.2) is 64.0 Å². The first-order valence-electron chi connectivity index (χ1n) is 13.5. The van der Waals surface area contributed by atoms with Gasteiger partial charge in [-0.3, -0.25) is 14.4 Å². The molecule has 1 fully saturated rings. The highest BCUT2D eigenvalue weighted by Gasteiger charge is 2.39. The molecule has 0 spiro atoms. The lowest BCUT2D eigenvalue weighted by Gasteiger charge is -2.30. The Bertz CT molecular complexity index is 1360. The van der Waals surface area contributed by atoms with Gasteiger partial charge in [0.25, 0.3) is 0 Å². The average molecular weight is 548 g/mol. The molecule has 3 aromatic rings. The first-order chi connectivity index (χ1) is 19.0. The molecule has 0 saturated carbocycles. The Balaban J connectivity index is 1.53. The number of alkyl carbamates (subject to hydrolysis) is 1. The molecular formula is C30H37N5O5. The number of rotatable bonds is 9. The van der Waals surface area contributed by atoms with E-state index in [0.717, 1.165) is 22.0 Å². The number of aromatic nitrogens is 1. The van der Waals surface area contributed by atoms with E-state index in [4.69, 9.17) is 10.5 Å². The highest BCUT2D eigenvalue weighted by molar-refractivity contribution is 5.94. The van der Waals surface area contributed by atoms with Crippen LogP contribution >= 0.6 is 0 Å². The number of carbonyl (C=O) groups is 4. The SMILES string of the molecule is CC(C)(C)OC(=O)NC(Cc1c[nH]c2ccccc12)C(=O)N1CCCC1C(=O)NC(Cc1ccccc1)C(N)=O. The van der Waals surface area contributed by atoms with Crippen molar-refractivity contribution in [3.63, 3.8) is 0 Å². The third kappa shape index (κ3) is 7.19. The molecule has 10 nitrogen and oxygen atoms in total. The summed E-state index contributed by atoms with van der Waals surface area (Å²) in [6.07, 6.45) is 2.58. The number of amides is 4. The zero-order chi connectivity index (χ0) is 28.9. The number of primary amides is 1. The lowest BCUT2D eigenvalue weighted by Crippen LogP contribution is -2.57. The van der Waals surface area contributed by atoms with Crippen LogP contribution in [0.3, 0.4) is 0 Å². The third-order valence-corrected chi connectivity index (χ3v) is 6.87. The van der Waals surface area contributed by atoms with Crippen LogP contribution in [0, 0.1) is 0 Å². The van der Waals surface area contributed by atoms with Crippen molar-refractivity contribution in [2.24, 2.45) is 5.73 Å². The Morgan fingerprint density at radius 2 is 1.70 bits per heavy atom. The van der Waals surface area contributed by atoms with E-state index in [9.17, 15) is 19.2 Å². The number of ether oxygens (including phenoxy) is 1. The molecule has 0 radical (unpaired) electrons. The molecule has 3 unspecified atom stereocenters. The number of H-pyrrole nitrogens is 1. The summed E-state index contributed by atoms with van der Waals surface area (Å²) in [7, 11) is 0. The summed E-state index contributed by atoms with van der Waals surface area (Å²) in [6.45, 7) is 5.58. The van der Waals surface area contributed by atoms with E-state index in [1.807, 2.05) is 60.8 Å². The molecule has 10 heteroatoms. The second kappa shape index (κ2) is 12.2. The van der Waals surface area contributed by atoms with Crippen molar-refractivity contribution in [1.29, 1.82) is 0 Å². The lowest BCUT2D eigenvalue weighted by atomic mass is 10.0. The van der Waals surface area contributed by atoms with Gasteiger partial charge in [0.15, 0.2) is 0 Å². The first-order valence-corrected chi connectivity index (χ1v) is 13.5. The van der Waals surface area contributed by atoms with Gasteiger partial charge in [-0.05, 0) is 50.8 Å². The summed E-state index contributed by atoms with van der Waals surface area (Å²) < 4.78 is 5.44. The Hall–Kier alpha value is -4.34. The quantitative estimate of drug-likeness (QED) is 0.325. The molecule has 1 saturated heterocycles. The minimum atomic E-state index is -0.973. The molecule has 1 aromatic heterocycles. The Morgan fingerprint density at radius 1 is 1.00 bits per heavy atom. The van der Waals surface area contributed by atoms with Crippen LogP contribution in [0.5, 0.6) is 0 Å². The Kier molecular flexibility index (Phi) is 8.77. The molecular weight excluding hydrogens is 510 g/mol. The van der Waals surface area contributed by atoms with Gasteiger partial charge in [-0.25, -0.2) is 4.79 Å². The summed E-state index contributed by atoms with van der Waals surface area (Å²) in [5, 5.41) is 6.42. The van der Waals surface area contributed by atoms with Gasteiger partial charge in [0, 0.05) is 36.5 Å². The highest BCUT2D eigenvalue weighted by atomic mass is 16.6. The number of nitrogens with two attached hydrogens (primary N) is 1. The van der Waals surface area contributed by atoms with E-state index in [0.29, 0.717) is 19.4 Å². The molecule has 2 heterocycles. The van der Waals surface area contributed by atoms with Crippen molar-refractivity contribution in [2.75, 3.05) is 6.54 Å². The van der Waals surface area contributed by atoms with Gasteiger partial charge < -0.3 is 31.0 Å². The second-order valence-electron chi connectivity index (χ2n) is 11.1. The fraction of sp³-hybridized carbons (Fsp3) is 0.400. The molecule has 2 aromatic carbocycles. The van der Waals surface area contributed by atoms with Gasteiger partial charge >= 0.3 is 6.09 Å². The van der Waals surface area contributed by atoms with Crippen LogP contribution in [0.15, 0.2) is 60.8 Å². The maximum Gasteiger partial charge on any atom is 0.408 e. The molecule has 3 atom stereocenters. The van der Waals surface area contributed by atoms with Crippen LogP contribution in [-0.2, 0) is 32.0 Å². The average Bonchev–Trinajstić information content (AvgIpc) is 3.55. The maximum absolute atomic E-state index is 13.9. The maximum atomic E-state index is 13.9. The molecule has 0 aliphatic carbocycles. The van der Waals surface area contributed by atoms with Gasteiger partial charge in [0.2, 0.25) is 17.7 Å². The number of hydrogen-bond donors (Lipinski definition) is 4. The van der Waals surface area contributed by atoms with Crippen molar-refractivity contribution in [3.05, 3.63) is 71.9 Å². The lowest BCUT2D eigenvalue weighted by molar-refractivity contribution is -0.140. The van der Waals surface area contributed by atoms with E-state index in [2.05, 4.69) is 15.6 Å². The van der Waals surface area contributed by atoms with E-state index in [-0.39, 0.29) is 12.8 Å². The molecule has 1 aliphatic rings. The number of carbonyl (C=O) groups excluding carboxylic acids is 4. The topological polar surface area (TPSA) is 147 Å². The number of likely N-dealkylation sites (tertiary alicyclic amines) is 1. The predicted molar refractivity (Wildman–Crippen MR) is 151 cm³/mol. The summed E-state index contributed by atoms with van der Waals surface area (Å²) in [5.74, 6) is -1.50. The zero-order valence-electron chi connectivity index (χ0n) is 23.1. The van der Waals surface area contributed by atoms with Gasteiger partial charge in [0.1, 0.15) is 23.7 Å². The van der Waals surface area contributed by atoms with Crippen molar-refractivity contribution < 1.29 is 23.9 Å². The minimum Gasteiger partial charge on any atom is -0.444 e. The summed E-state index contributed by atoms with van der Waals surface area (Å²) in [5.41, 5.74) is 7.46. The number of nitrogens with zero attached hydrogens (tertiary/aromatic N) is 1. The van der Waals surface area contributed by atoms with Gasteiger partial charge in [0.05, 0.1) is 0 Å². The number of para-hydroxylation sites is 1. The number of aromatic amines is 1. The van der Waals surface area contributed by atoms with Gasteiger partial charge in [-0.15, -0.1) is 0 Å². The zero-order valence-corrected chi connectivity index (χ0v) is 23.1. The van der Waals surface area contributed by atoms with Gasteiger partial charge in [-0.1, -0.05) is 48.5 Å². The van der Waals surface area contributed by atoms with Crippen LogP contribution in [0.2, 0.25) is 0 Å². The van der Waals surface area contributed by atoms with Crippen LogP contribution < -0.4 is 16.4 Å². The molecule has 5 N–H and O–H groups in total. The van der Waals surface area contributed by atoms with Crippen molar-refractivity contribution >= 4 is 34.7 Å². The number of benzene rings is 2. The molecule has 4 amide bonds. The highest BCUT2D eigenvalue weighted by Crippen LogP contribution is 2.23. The smallest absolute Gasteiger partial charge is 0.408 e. The second-order valence-corrected chi connectivity index (χ2v) is 11.1.